The van der Waals surface area contributed by atoms with Crippen molar-refractivity contribution in [1.29, 1.82) is 0 Å². The van der Waals surface area contributed by atoms with Gasteiger partial charge >= 0.3 is 0 Å². The van der Waals surface area contributed by atoms with Gasteiger partial charge in [-0.15, -0.1) is 0 Å². The molecule has 2 aromatic heterocycles. The summed E-state index contributed by atoms with van der Waals surface area (Å²) in [5.41, 5.74) is 2.62. The van der Waals surface area contributed by atoms with Crippen LogP contribution < -0.4 is 10.6 Å². The normalized spacial score (nSPS) is 17.8. The molecule has 7 heteroatoms. The summed E-state index contributed by atoms with van der Waals surface area (Å²) in [7, 11) is 1.81. The summed E-state index contributed by atoms with van der Waals surface area (Å²) in [6.45, 7) is 6.02. The highest BCUT2D eigenvalue weighted by Crippen LogP contribution is 2.21. The molecule has 0 aliphatic heterocycles. The highest BCUT2D eigenvalue weighted by atomic mass is 15.3. The minimum absolute atomic E-state index is 0.382. The average Bonchev–Trinajstić information content (AvgIpc) is 3.22. The van der Waals surface area contributed by atoms with Crippen LogP contribution in [-0.2, 0) is 19.4 Å². The molecule has 2 heterocycles. The van der Waals surface area contributed by atoms with E-state index in [0.29, 0.717) is 12.1 Å². The molecule has 130 valence electrons. The number of nitrogens with zero attached hydrogens (tertiary/aromatic N) is 5. The Bertz CT molecular complexity index is 669. The summed E-state index contributed by atoms with van der Waals surface area (Å²) < 4.78 is 4.12. The third kappa shape index (κ3) is 3.96. The SMILES string of the molecule is CN=C(NCCn1ccnc1)NC1CCc2cn(C(C)C)nc2C1. The van der Waals surface area contributed by atoms with E-state index in [2.05, 4.69) is 45.3 Å². The van der Waals surface area contributed by atoms with Crippen LogP contribution in [0.15, 0.2) is 29.9 Å². The third-order valence-electron chi connectivity index (χ3n) is 4.41. The maximum atomic E-state index is 4.74. The van der Waals surface area contributed by atoms with E-state index in [4.69, 9.17) is 5.10 Å². The molecule has 1 aliphatic rings. The molecule has 0 radical (unpaired) electrons. The van der Waals surface area contributed by atoms with Crippen molar-refractivity contribution in [2.24, 2.45) is 4.99 Å². The largest absolute Gasteiger partial charge is 0.355 e. The number of rotatable bonds is 5. The quantitative estimate of drug-likeness (QED) is 0.642. The molecule has 0 bridgehead atoms. The van der Waals surface area contributed by atoms with Gasteiger partial charge in [0.05, 0.1) is 12.0 Å². The standard InChI is InChI=1S/C17H27N7/c1-13(2)24-11-14-4-5-15(10-16(14)22-24)21-17(18-3)20-7-9-23-8-6-19-12-23/h6,8,11-13,15H,4-5,7,9-10H2,1-3H3,(H2,18,20,21). The highest BCUT2D eigenvalue weighted by Gasteiger charge is 2.22. The Morgan fingerprint density at radius 1 is 1.46 bits per heavy atom. The molecule has 7 nitrogen and oxygen atoms in total. The zero-order chi connectivity index (χ0) is 16.9. The molecule has 1 atom stereocenters. The van der Waals surface area contributed by atoms with Gasteiger partial charge in [0.25, 0.3) is 0 Å². The van der Waals surface area contributed by atoms with Crippen LogP contribution in [-0.4, -0.2) is 44.9 Å². The van der Waals surface area contributed by atoms with Gasteiger partial charge in [0, 0.05) is 57.2 Å². The lowest BCUT2D eigenvalue weighted by atomic mass is 9.94. The monoisotopic (exact) mass is 329 g/mol. The van der Waals surface area contributed by atoms with Crippen LogP contribution in [0.4, 0.5) is 0 Å². The van der Waals surface area contributed by atoms with Gasteiger partial charge in [0.1, 0.15) is 0 Å². The van der Waals surface area contributed by atoms with Crippen molar-refractivity contribution >= 4 is 5.96 Å². The number of fused-ring (bicyclic) bond motifs is 1. The van der Waals surface area contributed by atoms with Crippen molar-refractivity contribution in [2.45, 2.75) is 51.7 Å². The van der Waals surface area contributed by atoms with Crippen LogP contribution in [0.5, 0.6) is 0 Å². The number of aliphatic imine (C=N–C) groups is 1. The minimum Gasteiger partial charge on any atom is -0.355 e. The van der Waals surface area contributed by atoms with E-state index < -0.39 is 0 Å². The van der Waals surface area contributed by atoms with E-state index in [-0.39, 0.29) is 0 Å². The van der Waals surface area contributed by atoms with Gasteiger partial charge in [-0.2, -0.15) is 5.10 Å². The molecule has 24 heavy (non-hydrogen) atoms. The van der Waals surface area contributed by atoms with E-state index in [1.165, 1.54) is 11.3 Å². The molecule has 0 fully saturated rings. The Kier molecular flexibility index (Phi) is 5.17. The van der Waals surface area contributed by atoms with Gasteiger partial charge < -0.3 is 15.2 Å². The number of hydrogen-bond acceptors (Lipinski definition) is 3. The summed E-state index contributed by atoms with van der Waals surface area (Å²) in [6, 6.07) is 0.798. The summed E-state index contributed by atoms with van der Waals surface area (Å²) in [6.07, 6.45) is 10.9. The second-order valence-electron chi connectivity index (χ2n) is 6.56. The first-order chi connectivity index (χ1) is 11.7. The zero-order valence-electron chi connectivity index (χ0n) is 14.7. The first kappa shape index (κ1) is 16.5. The molecule has 1 unspecified atom stereocenters. The van der Waals surface area contributed by atoms with E-state index in [1.807, 2.05) is 24.1 Å². The number of imidazole rings is 1. The molecule has 0 saturated heterocycles. The molecular weight excluding hydrogens is 302 g/mol. The molecule has 3 rings (SSSR count). The number of aromatic nitrogens is 4. The van der Waals surface area contributed by atoms with Crippen molar-refractivity contribution in [2.75, 3.05) is 13.6 Å². The number of aryl methyl sites for hydroxylation is 1. The molecular formula is C17H27N7. The van der Waals surface area contributed by atoms with Gasteiger partial charge in [0.2, 0.25) is 0 Å². The van der Waals surface area contributed by atoms with E-state index in [9.17, 15) is 0 Å². The van der Waals surface area contributed by atoms with Crippen LogP contribution in [0, 0.1) is 0 Å². The molecule has 2 aromatic rings. The van der Waals surface area contributed by atoms with Gasteiger partial charge in [0.15, 0.2) is 5.96 Å². The van der Waals surface area contributed by atoms with E-state index in [0.717, 1.165) is 38.3 Å². The van der Waals surface area contributed by atoms with E-state index >= 15 is 0 Å². The van der Waals surface area contributed by atoms with Crippen molar-refractivity contribution in [1.82, 2.24) is 30.0 Å². The second-order valence-corrected chi connectivity index (χ2v) is 6.56. The smallest absolute Gasteiger partial charge is 0.191 e. The number of guanidine groups is 1. The van der Waals surface area contributed by atoms with Crippen molar-refractivity contribution in [3.63, 3.8) is 0 Å². The lowest BCUT2D eigenvalue weighted by molar-refractivity contribution is 0.498. The Morgan fingerprint density at radius 3 is 3.04 bits per heavy atom. The van der Waals surface area contributed by atoms with Gasteiger partial charge in [-0.25, -0.2) is 4.98 Å². The summed E-state index contributed by atoms with van der Waals surface area (Å²) in [4.78, 5) is 8.38. The highest BCUT2D eigenvalue weighted by molar-refractivity contribution is 5.80. The van der Waals surface area contributed by atoms with E-state index in [1.54, 1.807) is 6.20 Å². The minimum atomic E-state index is 0.382. The number of nitrogens with one attached hydrogen (secondary N) is 2. The van der Waals surface area contributed by atoms with Crippen LogP contribution in [0.2, 0.25) is 0 Å². The Labute approximate surface area is 143 Å². The van der Waals surface area contributed by atoms with Crippen molar-refractivity contribution < 1.29 is 0 Å². The summed E-state index contributed by atoms with van der Waals surface area (Å²) in [5, 5.41) is 11.6. The maximum Gasteiger partial charge on any atom is 0.191 e. The Morgan fingerprint density at radius 2 is 2.33 bits per heavy atom. The molecule has 0 amide bonds. The first-order valence-electron chi connectivity index (χ1n) is 8.65. The molecule has 0 aromatic carbocycles. The third-order valence-corrected chi connectivity index (χ3v) is 4.41. The summed E-state index contributed by atoms with van der Waals surface area (Å²) in [5.74, 6) is 0.854. The lowest BCUT2D eigenvalue weighted by Gasteiger charge is -2.24. The van der Waals surface area contributed by atoms with Gasteiger partial charge in [-0.3, -0.25) is 9.67 Å². The average molecular weight is 329 g/mol. The molecule has 2 N–H and O–H groups in total. The Hall–Kier alpha value is -2.31. The van der Waals surface area contributed by atoms with Gasteiger partial charge in [-0.1, -0.05) is 0 Å². The zero-order valence-corrected chi connectivity index (χ0v) is 14.7. The molecule has 0 spiro atoms. The van der Waals surface area contributed by atoms with Crippen molar-refractivity contribution in [3.8, 4) is 0 Å². The van der Waals surface area contributed by atoms with Gasteiger partial charge in [-0.05, 0) is 32.3 Å². The fourth-order valence-corrected chi connectivity index (χ4v) is 3.01. The van der Waals surface area contributed by atoms with Crippen LogP contribution in [0.3, 0.4) is 0 Å². The molecule has 1 aliphatic carbocycles. The Balaban J connectivity index is 1.51. The predicted molar refractivity (Wildman–Crippen MR) is 95.1 cm³/mol. The van der Waals surface area contributed by atoms with Crippen LogP contribution in [0.25, 0.3) is 0 Å². The summed E-state index contributed by atoms with van der Waals surface area (Å²) >= 11 is 0. The number of hydrogen-bond donors (Lipinski definition) is 2. The van der Waals surface area contributed by atoms with Crippen LogP contribution >= 0.6 is 0 Å². The van der Waals surface area contributed by atoms with Crippen molar-refractivity contribution in [3.05, 3.63) is 36.2 Å². The second kappa shape index (κ2) is 7.51. The predicted octanol–water partition coefficient (Wildman–Crippen LogP) is 1.38. The first-order valence-corrected chi connectivity index (χ1v) is 8.65. The van der Waals surface area contributed by atoms with Crippen LogP contribution in [0.1, 0.15) is 37.6 Å². The fourth-order valence-electron chi connectivity index (χ4n) is 3.01. The maximum absolute atomic E-state index is 4.74. The lowest BCUT2D eigenvalue weighted by Crippen LogP contribution is -2.46. The molecule has 0 saturated carbocycles. The topological polar surface area (TPSA) is 72.1 Å². The fraction of sp³-hybridized carbons (Fsp3) is 0.588.